The van der Waals surface area contributed by atoms with E-state index in [0.29, 0.717) is 28.9 Å². The Hall–Kier alpha value is -3.28. The second kappa shape index (κ2) is 7.95. The van der Waals surface area contributed by atoms with Crippen LogP contribution < -0.4 is 15.1 Å². The summed E-state index contributed by atoms with van der Waals surface area (Å²) in [5.74, 6) is -0.358. The summed E-state index contributed by atoms with van der Waals surface area (Å²) in [6.45, 7) is 0. The standard InChI is InChI=1S/C21H20O6/c1-24-17-10-9-14-15(12-18(22)27-19(14)20(17)25-2)16(21(23)26-3)11-13-7-5-4-6-8-13/h4-10,12,16H,11H2,1-3H3/t16-/m1/s1. The van der Waals surface area contributed by atoms with Gasteiger partial charge in [0.05, 0.1) is 27.2 Å². The first kappa shape index (κ1) is 18.5. The smallest absolute Gasteiger partial charge is 0.336 e. The normalized spacial score (nSPS) is 11.8. The van der Waals surface area contributed by atoms with E-state index in [-0.39, 0.29) is 5.58 Å². The van der Waals surface area contributed by atoms with Crippen LogP contribution in [0.15, 0.2) is 57.7 Å². The van der Waals surface area contributed by atoms with Crippen molar-refractivity contribution in [2.45, 2.75) is 12.3 Å². The Balaban J connectivity index is 2.22. The monoisotopic (exact) mass is 368 g/mol. The molecular weight excluding hydrogens is 348 g/mol. The quantitative estimate of drug-likeness (QED) is 0.491. The first-order valence-corrected chi connectivity index (χ1v) is 8.39. The van der Waals surface area contributed by atoms with E-state index in [2.05, 4.69) is 0 Å². The van der Waals surface area contributed by atoms with Crippen LogP contribution in [0, 0.1) is 0 Å². The van der Waals surface area contributed by atoms with Gasteiger partial charge >= 0.3 is 11.6 Å². The lowest BCUT2D eigenvalue weighted by Gasteiger charge is -2.18. The Labute approximate surface area is 156 Å². The maximum atomic E-state index is 12.5. The molecule has 6 nitrogen and oxygen atoms in total. The Kier molecular flexibility index (Phi) is 5.45. The first-order chi connectivity index (χ1) is 13.1. The van der Waals surface area contributed by atoms with E-state index in [1.807, 2.05) is 30.3 Å². The second-order valence-corrected chi connectivity index (χ2v) is 5.96. The highest BCUT2D eigenvalue weighted by Crippen LogP contribution is 2.38. The number of carbonyl (C=O) groups excluding carboxylic acids is 1. The third-order valence-electron chi connectivity index (χ3n) is 4.43. The molecule has 0 radical (unpaired) electrons. The molecule has 27 heavy (non-hydrogen) atoms. The molecule has 0 aliphatic heterocycles. The molecule has 0 N–H and O–H groups in total. The maximum Gasteiger partial charge on any atom is 0.336 e. The van der Waals surface area contributed by atoms with Gasteiger partial charge < -0.3 is 18.6 Å². The fourth-order valence-electron chi connectivity index (χ4n) is 3.16. The number of hydrogen-bond donors (Lipinski definition) is 0. The zero-order valence-electron chi connectivity index (χ0n) is 15.4. The minimum absolute atomic E-state index is 0.237. The number of benzene rings is 2. The molecule has 1 heterocycles. The Morgan fingerprint density at radius 3 is 2.41 bits per heavy atom. The molecular formula is C21H20O6. The molecule has 0 unspecified atom stereocenters. The van der Waals surface area contributed by atoms with Crippen LogP contribution in [0.4, 0.5) is 0 Å². The van der Waals surface area contributed by atoms with E-state index in [1.54, 1.807) is 12.1 Å². The van der Waals surface area contributed by atoms with Crippen molar-refractivity contribution in [2.24, 2.45) is 0 Å². The molecule has 0 amide bonds. The van der Waals surface area contributed by atoms with Gasteiger partial charge in [0.2, 0.25) is 5.75 Å². The van der Waals surface area contributed by atoms with Gasteiger partial charge in [0, 0.05) is 11.5 Å². The third kappa shape index (κ3) is 3.65. The molecule has 0 fully saturated rings. The van der Waals surface area contributed by atoms with Crippen LogP contribution in [-0.2, 0) is 16.0 Å². The van der Waals surface area contributed by atoms with Crippen molar-refractivity contribution in [3.05, 3.63) is 70.1 Å². The van der Waals surface area contributed by atoms with Gasteiger partial charge in [0.15, 0.2) is 11.3 Å². The summed E-state index contributed by atoms with van der Waals surface area (Å²) in [7, 11) is 4.29. The second-order valence-electron chi connectivity index (χ2n) is 5.96. The number of esters is 1. The lowest BCUT2D eigenvalue weighted by atomic mass is 9.90. The third-order valence-corrected chi connectivity index (χ3v) is 4.43. The average molecular weight is 368 g/mol. The number of hydrogen-bond acceptors (Lipinski definition) is 6. The van der Waals surface area contributed by atoms with E-state index >= 15 is 0 Å². The lowest BCUT2D eigenvalue weighted by Crippen LogP contribution is -2.19. The van der Waals surface area contributed by atoms with Gasteiger partial charge in [-0.15, -0.1) is 0 Å². The summed E-state index contributed by atoms with van der Waals surface area (Å²) in [6.07, 6.45) is 0.389. The topological polar surface area (TPSA) is 75.0 Å². The number of fused-ring (bicyclic) bond motifs is 1. The molecule has 0 spiro atoms. The van der Waals surface area contributed by atoms with E-state index in [4.69, 9.17) is 18.6 Å². The van der Waals surface area contributed by atoms with Crippen LogP contribution >= 0.6 is 0 Å². The zero-order valence-corrected chi connectivity index (χ0v) is 15.4. The Morgan fingerprint density at radius 2 is 1.78 bits per heavy atom. The van der Waals surface area contributed by atoms with Crippen LogP contribution in [0.5, 0.6) is 11.5 Å². The first-order valence-electron chi connectivity index (χ1n) is 8.39. The van der Waals surface area contributed by atoms with Crippen LogP contribution in [0.25, 0.3) is 11.0 Å². The van der Waals surface area contributed by atoms with Crippen molar-refractivity contribution < 1.29 is 23.4 Å². The van der Waals surface area contributed by atoms with Gasteiger partial charge in [0.1, 0.15) is 0 Å². The van der Waals surface area contributed by atoms with Crippen molar-refractivity contribution >= 4 is 16.9 Å². The van der Waals surface area contributed by atoms with Gasteiger partial charge in [-0.05, 0) is 29.7 Å². The van der Waals surface area contributed by atoms with Crippen molar-refractivity contribution in [2.75, 3.05) is 21.3 Å². The summed E-state index contributed by atoms with van der Waals surface area (Å²) >= 11 is 0. The molecule has 1 atom stereocenters. The van der Waals surface area contributed by atoms with Crippen LogP contribution in [-0.4, -0.2) is 27.3 Å². The zero-order chi connectivity index (χ0) is 19.4. The predicted molar refractivity (Wildman–Crippen MR) is 100 cm³/mol. The number of carbonyl (C=O) groups is 1. The molecule has 1 aromatic heterocycles. The molecule has 140 valence electrons. The Morgan fingerprint density at radius 1 is 1.04 bits per heavy atom. The van der Waals surface area contributed by atoms with Crippen molar-refractivity contribution in [3.8, 4) is 11.5 Å². The van der Waals surface area contributed by atoms with Crippen molar-refractivity contribution in [3.63, 3.8) is 0 Å². The minimum Gasteiger partial charge on any atom is -0.493 e. The lowest BCUT2D eigenvalue weighted by molar-refractivity contribution is -0.142. The molecule has 3 aromatic rings. The average Bonchev–Trinajstić information content (AvgIpc) is 2.70. The molecule has 0 saturated heterocycles. The minimum atomic E-state index is -0.665. The van der Waals surface area contributed by atoms with Crippen LogP contribution in [0.1, 0.15) is 17.0 Å². The van der Waals surface area contributed by atoms with E-state index in [1.165, 1.54) is 27.4 Å². The molecule has 0 aliphatic carbocycles. The van der Waals surface area contributed by atoms with E-state index in [9.17, 15) is 9.59 Å². The van der Waals surface area contributed by atoms with Crippen LogP contribution in [0.2, 0.25) is 0 Å². The van der Waals surface area contributed by atoms with Gasteiger partial charge in [-0.2, -0.15) is 0 Å². The summed E-state index contributed by atoms with van der Waals surface area (Å²) in [6, 6.07) is 14.3. The number of ether oxygens (including phenoxy) is 3. The summed E-state index contributed by atoms with van der Waals surface area (Å²) in [4.78, 5) is 24.8. The van der Waals surface area contributed by atoms with Gasteiger partial charge in [-0.25, -0.2) is 4.79 Å². The summed E-state index contributed by atoms with van der Waals surface area (Å²) in [5, 5.41) is 0.596. The molecule has 6 heteroatoms. The summed E-state index contributed by atoms with van der Waals surface area (Å²) < 4.78 is 21.0. The SMILES string of the molecule is COC(=O)[C@H](Cc1ccccc1)c1cc(=O)oc2c(OC)c(OC)ccc12. The van der Waals surface area contributed by atoms with E-state index < -0.39 is 17.5 Å². The highest BCUT2D eigenvalue weighted by Gasteiger charge is 2.27. The molecule has 0 bridgehead atoms. The highest BCUT2D eigenvalue weighted by atomic mass is 16.5. The maximum absolute atomic E-state index is 12.5. The molecule has 2 aromatic carbocycles. The summed E-state index contributed by atoms with van der Waals surface area (Å²) in [5.41, 5.74) is 1.14. The fourth-order valence-corrected chi connectivity index (χ4v) is 3.16. The van der Waals surface area contributed by atoms with Crippen LogP contribution in [0.3, 0.4) is 0 Å². The van der Waals surface area contributed by atoms with Gasteiger partial charge in [-0.1, -0.05) is 30.3 Å². The van der Waals surface area contributed by atoms with Crippen molar-refractivity contribution in [1.29, 1.82) is 0 Å². The highest BCUT2D eigenvalue weighted by molar-refractivity contribution is 5.92. The van der Waals surface area contributed by atoms with Gasteiger partial charge in [-0.3, -0.25) is 4.79 Å². The number of methoxy groups -OCH3 is 3. The molecule has 3 rings (SSSR count). The van der Waals surface area contributed by atoms with E-state index in [0.717, 1.165) is 5.56 Å². The number of rotatable bonds is 6. The Bertz CT molecular complexity index is 1010. The molecule has 0 aliphatic rings. The van der Waals surface area contributed by atoms with Gasteiger partial charge in [0.25, 0.3) is 0 Å². The molecule has 0 saturated carbocycles. The van der Waals surface area contributed by atoms with Crippen molar-refractivity contribution in [1.82, 2.24) is 0 Å². The predicted octanol–water partition coefficient (Wildman–Crippen LogP) is 3.31. The fraction of sp³-hybridized carbons (Fsp3) is 0.238. The largest absolute Gasteiger partial charge is 0.493 e.